The number of rotatable bonds is 9. The molecule has 118 valence electrons. The van der Waals surface area contributed by atoms with Gasteiger partial charge in [-0.1, -0.05) is 13.3 Å². The first-order chi connectivity index (χ1) is 9.37. The molecule has 4 nitrogen and oxygen atoms in total. The molecule has 3 N–H and O–H groups in total. The van der Waals surface area contributed by atoms with Crippen molar-refractivity contribution in [2.75, 3.05) is 19.6 Å². The highest BCUT2D eigenvalue weighted by molar-refractivity contribution is 5.84. The molecular formula is C16H33N3O. The van der Waals surface area contributed by atoms with Gasteiger partial charge in [0.15, 0.2) is 0 Å². The highest BCUT2D eigenvalue weighted by Gasteiger charge is 2.31. The average molecular weight is 283 g/mol. The quantitative estimate of drug-likeness (QED) is 0.681. The molecule has 1 aliphatic rings. The third-order valence-electron chi connectivity index (χ3n) is 4.37. The molecule has 2 atom stereocenters. The summed E-state index contributed by atoms with van der Waals surface area (Å²) in [6, 6.07) is 0.272. The van der Waals surface area contributed by atoms with E-state index < -0.39 is 5.54 Å². The summed E-state index contributed by atoms with van der Waals surface area (Å²) in [5.41, 5.74) is 4.99. The van der Waals surface area contributed by atoms with Crippen LogP contribution in [0.5, 0.6) is 0 Å². The van der Waals surface area contributed by atoms with Gasteiger partial charge in [-0.15, -0.1) is 0 Å². The van der Waals surface area contributed by atoms with Crippen LogP contribution in [0.3, 0.4) is 0 Å². The van der Waals surface area contributed by atoms with E-state index >= 15 is 0 Å². The molecule has 0 radical (unpaired) electrons. The topological polar surface area (TPSA) is 58.4 Å². The fourth-order valence-electron chi connectivity index (χ4n) is 3.32. The van der Waals surface area contributed by atoms with Crippen molar-refractivity contribution >= 4 is 5.91 Å². The highest BCUT2D eigenvalue weighted by Crippen LogP contribution is 2.22. The zero-order valence-corrected chi connectivity index (χ0v) is 13.7. The second-order valence-electron chi connectivity index (χ2n) is 6.84. The number of nitrogens with two attached hydrogens (primary N) is 1. The lowest BCUT2D eigenvalue weighted by molar-refractivity contribution is -0.124. The predicted octanol–water partition coefficient (Wildman–Crippen LogP) is 2.13. The zero-order chi connectivity index (χ0) is 15.2. The van der Waals surface area contributed by atoms with Crippen LogP contribution in [0.4, 0.5) is 0 Å². The van der Waals surface area contributed by atoms with Crippen LogP contribution < -0.4 is 11.1 Å². The van der Waals surface area contributed by atoms with Crippen LogP contribution in [0, 0.1) is 5.92 Å². The first-order valence-corrected chi connectivity index (χ1v) is 8.17. The van der Waals surface area contributed by atoms with Crippen molar-refractivity contribution in [1.82, 2.24) is 10.2 Å². The molecule has 1 aliphatic heterocycles. The lowest BCUT2D eigenvalue weighted by Gasteiger charge is -2.30. The molecule has 0 saturated carbocycles. The summed E-state index contributed by atoms with van der Waals surface area (Å²) in [6.45, 7) is 11.8. The van der Waals surface area contributed by atoms with Crippen LogP contribution in [0.2, 0.25) is 0 Å². The molecule has 1 saturated heterocycles. The Kier molecular flexibility index (Phi) is 6.96. The Morgan fingerprint density at radius 2 is 2.20 bits per heavy atom. The highest BCUT2D eigenvalue weighted by atomic mass is 16.1. The van der Waals surface area contributed by atoms with Gasteiger partial charge in [0.2, 0.25) is 5.91 Å². The molecule has 4 heteroatoms. The number of carbonyl (C=O) groups excluding carboxylic acids is 1. The molecule has 0 aromatic rings. The van der Waals surface area contributed by atoms with E-state index in [0.717, 1.165) is 25.3 Å². The number of hydrogen-bond acceptors (Lipinski definition) is 3. The van der Waals surface area contributed by atoms with Crippen LogP contribution in [-0.2, 0) is 4.79 Å². The average Bonchev–Trinajstić information content (AvgIpc) is 2.76. The minimum absolute atomic E-state index is 0.239. The minimum Gasteiger partial charge on any atom is -0.368 e. The Bertz CT molecular complexity index is 306. The van der Waals surface area contributed by atoms with Crippen molar-refractivity contribution in [2.45, 2.75) is 71.4 Å². The maximum atomic E-state index is 11.7. The van der Waals surface area contributed by atoms with Gasteiger partial charge in [0, 0.05) is 12.6 Å². The predicted molar refractivity (Wildman–Crippen MR) is 84.6 cm³/mol. The van der Waals surface area contributed by atoms with Gasteiger partial charge < -0.3 is 16.0 Å². The van der Waals surface area contributed by atoms with Gasteiger partial charge in [0.25, 0.3) is 0 Å². The third kappa shape index (κ3) is 5.41. The Morgan fingerprint density at radius 3 is 2.75 bits per heavy atom. The molecule has 1 heterocycles. The van der Waals surface area contributed by atoms with Crippen molar-refractivity contribution in [1.29, 1.82) is 0 Å². The van der Waals surface area contributed by atoms with E-state index in [2.05, 4.69) is 31.0 Å². The number of likely N-dealkylation sites (tertiary alicyclic amines) is 1. The van der Waals surface area contributed by atoms with E-state index in [1.165, 1.54) is 32.4 Å². The first-order valence-electron chi connectivity index (χ1n) is 8.17. The monoisotopic (exact) mass is 283 g/mol. The molecule has 20 heavy (non-hydrogen) atoms. The molecular weight excluding hydrogens is 250 g/mol. The first kappa shape index (κ1) is 17.4. The molecule has 1 amide bonds. The summed E-state index contributed by atoms with van der Waals surface area (Å²) in [5, 5.41) is 3.32. The zero-order valence-electron chi connectivity index (χ0n) is 13.7. The van der Waals surface area contributed by atoms with Crippen LogP contribution in [0.15, 0.2) is 0 Å². The number of carbonyl (C=O) groups is 1. The third-order valence-corrected chi connectivity index (χ3v) is 4.37. The van der Waals surface area contributed by atoms with Crippen LogP contribution in [0.25, 0.3) is 0 Å². The molecule has 1 rings (SSSR count). The van der Waals surface area contributed by atoms with E-state index in [9.17, 15) is 4.79 Å². The maximum absolute atomic E-state index is 11.7. The molecule has 0 bridgehead atoms. The van der Waals surface area contributed by atoms with Crippen molar-refractivity contribution < 1.29 is 4.79 Å². The Hall–Kier alpha value is -0.610. The summed E-state index contributed by atoms with van der Waals surface area (Å²) in [6.07, 6.45) is 5.82. The molecule has 0 aromatic heterocycles. The lowest BCUT2D eigenvalue weighted by atomic mass is 9.94. The summed E-state index contributed by atoms with van der Waals surface area (Å²) >= 11 is 0. The lowest BCUT2D eigenvalue weighted by Crippen LogP contribution is -2.55. The molecule has 2 unspecified atom stereocenters. The Labute approximate surface area is 124 Å². The van der Waals surface area contributed by atoms with Gasteiger partial charge in [-0.3, -0.25) is 4.79 Å². The Morgan fingerprint density at radius 1 is 1.50 bits per heavy atom. The summed E-state index contributed by atoms with van der Waals surface area (Å²) in [7, 11) is 0. The van der Waals surface area contributed by atoms with Gasteiger partial charge in [0.1, 0.15) is 0 Å². The number of nitrogens with zero attached hydrogens (tertiary/aromatic N) is 1. The number of nitrogens with one attached hydrogen (secondary N) is 1. The smallest absolute Gasteiger partial charge is 0.237 e. The molecule has 0 aromatic carbocycles. The van der Waals surface area contributed by atoms with E-state index in [4.69, 9.17) is 5.73 Å². The molecule has 0 aliphatic carbocycles. The fourth-order valence-corrected chi connectivity index (χ4v) is 3.32. The largest absolute Gasteiger partial charge is 0.368 e. The van der Waals surface area contributed by atoms with E-state index in [-0.39, 0.29) is 11.9 Å². The minimum atomic E-state index is -0.573. The van der Waals surface area contributed by atoms with E-state index in [0.29, 0.717) is 0 Å². The SMILES string of the molecule is CCCC1CCN(CCCC(C)(NC(C)C)C(N)=O)C1. The van der Waals surface area contributed by atoms with Crippen LogP contribution >= 0.6 is 0 Å². The van der Waals surface area contributed by atoms with Crippen LogP contribution in [0.1, 0.15) is 59.8 Å². The van der Waals surface area contributed by atoms with Gasteiger partial charge in [-0.2, -0.15) is 0 Å². The summed E-state index contributed by atoms with van der Waals surface area (Å²) in [4.78, 5) is 14.2. The van der Waals surface area contributed by atoms with Gasteiger partial charge in [-0.05, 0) is 65.5 Å². The van der Waals surface area contributed by atoms with Gasteiger partial charge >= 0.3 is 0 Å². The standard InChI is InChI=1S/C16H33N3O/c1-5-7-14-8-11-19(12-14)10-6-9-16(4,15(17)20)18-13(2)3/h13-14,18H,5-12H2,1-4H3,(H2,17,20). The van der Waals surface area contributed by atoms with E-state index in [1.807, 2.05) is 6.92 Å². The van der Waals surface area contributed by atoms with Crippen molar-refractivity contribution in [3.8, 4) is 0 Å². The van der Waals surface area contributed by atoms with Crippen molar-refractivity contribution in [2.24, 2.45) is 11.7 Å². The normalized spacial score (nSPS) is 23.1. The summed E-state index contributed by atoms with van der Waals surface area (Å²) < 4.78 is 0. The number of primary amides is 1. The number of amides is 1. The second kappa shape index (κ2) is 7.99. The van der Waals surface area contributed by atoms with Gasteiger partial charge in [0.05, 0.1) is 5.54 Å². The van der Waals surface area contributed by atoms with Crippen molar-refractivity contribution in [3.05, 3.63) is 0 Å². The maximum Gasteiger partial charge on any atom is 0.237 e. The summed E-state index contributed by atoms with van der Waals surface area (Å²) in [5.74, 6) is 0.646. The number of hydrogen-bond donors (Lipinski definition) is 2. The van der Waals surface area contributed by atoms with E-state index in [1.54, 1.807) is 0 Å². The Balaban J connectivity index is 2.33. The van der Waals surface area contributed by atoms with Crippen LogP contribution in [-0.4, -0.2) is 42.0 Å². The molecule has 1 fully saturated rings. The van der Waals surface area contributed by atoms with Crippen molar-refractivity contribution in [3.63, 3.8) is 0 Å². The second-order valence-corrected chi connectivity index (χ2v) is 6.84. The molecule has 0 spiro atoms. The fraction of sp³-hybridized carbons (Fsp3) is 0.938. The van der Waals surface area contributed by atoms with Gasteiger partial charge in [-0.25, -0.2) is 0 Å².